The summed E-state index contributed by atoms with van der Waals surface area (Å²) in [4.78, 5) is 0. The minimum atomic E-state index is 0.371. The van der Waals surface area contributed by atoms with Crippen LogP contribution in [-0.4, -0.2) is 25.9 Å². The van der Waals surface area contributed by atoms with Crippen LogP contribution in [0.15, 0.2) is 24.3 Å². The molecule has 100 valence electrons. The van der Waals surface area contributed by atoms with Crippen LogP contribution in [0.4, 0.5) is 0 Å². The maximum absolute atomic E-state index is 5.93. The molecule has 1 aliphatic heterocycles. The maximum atomic E-state index is 5.93. The molecule has 0 amide bonds. The molecule has 0 saturated carbocycles. The van der Waals surface area contributed by atoms with Crippen molar-refractivity contribution in [3.63, 3.8) is 0 Å². The smallest absolute Gasteiger partial charge is 0.0720 e. The molecule has 3 nitrogen and oxygen atoms in total. The second-order valence-corrected chi connectivity index (χ2v) is 4.72. The Kier molecular flexibility index (Phi) is 5.65. The van der Waals surface area contributed by atoms with E-state index in [2.05, 4.69) is 36.5 Å². The average molecular weight is 249 g/mol. The first kappa shape index (κ1) is 13.5. The van der Waals surface area contributed by atoms with Crippen molar-refractivity contribution in [2.75, 3.05) is 19.8 Å². The fraction of sp³-hybridized carbons (Fsp3) is 0.600. The number of benzene rings is 1. The monoisotopic (exact) mass is 249 g/mol. The molecule has 1 heterocycles. The summed E-state index contributed by atoms with van der Waals surface area (Å²) in [7, 11) is 0. The van der Waals surface area contributed by atoms with Crippen molar-refractivity contribution in [2.45, 2.75) is 39.0 Å². The van der Waals surface area contributed by atoms with Crippen molar-refractivity contribution in [2.24, 2.45) is 0 Å². The highest BCUT2D eigenvalue weighted by atomic mass is 16.5. The van der Waals surface area contributed by atoms with Gasteiger partial charge in [0.15, 0.2) is 0 Å². The predicted octanol–water partition coefficient (Wildman–Crippen LogP) is 2.49. The van der Waals surface area contributed by atoms with Gasteiger partial charge in [0, 0.05) is 19.8 Å². The van der Waals surface area contributed by atoms with Gasteiger partial charge in [0.25, 0.3) is 0 Å². The molecular weight excluding hydrogens is 226 g/mol. The van der Waals surface area contributed by atoms with Crippen LogP contribution < -0.4 is 5.32 Å². The SMILES string of the molecule is CCNCc1cccc(COC2CCOCC2)c1. The Morgan fingerprint density at radius 3 is 2.83 bits per heavy atom. The molecule has 1 aromatic rings. The quantitative estimate of drug-likeness (QED) is 0.840. The van der Waals surface area contributed by atoms with Crippen molar-refractivity contribution in [3.8, 4) is 0 Å². The first-order valence-corrected chi connectivity index (χ1v) is 6.86. The molecule has 0 atom stereocenters. The van der Waals surface area contributed by atoms with Gasteiger partial charge in [0.05, 0.1) is 12.7 Å². The second-order valence-electron chi connectivity index (χ2n) is 4.72. The van der Waals surface area contributed by atoms with Gasteiger partial charge in [0.2, 0.25) is 0 Å². The van der Waals surface area contributed by atoms with Crippen molar-refractivity contribution < 1.29 is 9.47 Å². The Hall–Kier alpha value is -0.900. The minimum Gasteiger partial charge on any atom is -0.381 e. The Balaban J connectivity index is 1.80. The number of hydrogen-bond acceptors (Lipinski definition) is 3. The van der Waals surface area contributed by atoms with E-state index in [9.17, 15) is 0 Å². The predicted molar refractivity (Wildman–Crippen MR) is 72.5 cm³/mol. The summed E-state index contributed by atoms with van der Waals surface area (Å²) in [5, 5.41) is 3.34. The van der Waals surface area contributed by atoms with E-state index >= 15 is 0 Å². The summed E-state index contributed by atoms with van der Waals surface area (Å²) in [6.07, 6.45) is 2.42. The summed E-state index contributed by atoms with van der Waals surface area (Å²) >= 11 is 0. The van der Waals surface area contributed by atoms with Gasteiger partial charge in [-0.15, -0.1) is 0 Å². The molecule has 1 N–H and O–H groups in total. The highest BCUT2D eigenvalue weighted by Gasteiger charge is 2.13. The molecule has 0 spiro atoms. The van der Waals surface area contributed by atoms with E-state index in [-0.39, 0.29) is 0 Å². The molecule has 0 aliphatic carbocycles. The molecule has 0 radical (unpaired) electrons. The zero-order valence-corrected chi connectivity index (χ0v) is 11.2. The van der Waals surface area contributed by atoms with Crippen LogP contribution in [0.3, 0.4) is 0 Å². The van der Waals surface area contributed by atoms with Gasteiger partial charge in [-0.25, -0.2) is 0 Å². The Morgan fingerprint density at radius 1 is 1.28 bits per heavy atom. The van der Waals surface area contributed by atoms with E-state index in [0.29, 0.717) is 12.7 Å². The lowest BCUT2D eigenvalue weighted by atomic mass is 10.1. The van der Waals surface area contributed by atoms with E-state index in [4.69, 9.17) is 9.47 Å². The van der Waals surface area contributed by atoms with E-state index in [1.54, 1.807) is 0 Å². The van der Waals surface area contributed by atoms with Crippen molar-refractivity contribution in [3.05, 3.63) is 35.4 Å². The Bertz CT molecular complexity index is 348. The number of nitrogens with one attached hydrogen (secondary N) is 1. The van der Waals surface area contributed by atoms with Gasteiger partial charge >= 0.3 is 0 Å². The van der Waals surface area contributed by atoms with E-state index in [0.717, 1.165) is 39.1 Å². The van der Waals surface area contributed by atoms with Crippen LogP contribution in [0.1, 0.15) is 30.9 Å². The second kappa shape index (κ2) is 7.52. The van der Waals surface area contributed by atoms with Crippen LogP contribution in [0.5, 0.6) is 0 Å². The van der Waals surface area contributed by atoms with Gasteiger partial charge in [-0.05, 0) is 30.5 Å². The minimum absolute atomic E-state index is 0.371. The third-order valence-electron chi connectivity index (χ3n) is 3.22. The summed E-state index contributed by atoms with van der Waals surface area (Å²) in [6, 6.07) is 8.62. The van der Waals surface area contributed by atoms with Gasteiger partial charge < -0.3 is 14.8 Å². The van der Waals surface area contributed by atoms with Gasteiger partial charge in [-0.2, -0.15) is 0 Å². The lowest BCUT2D eigenvalue weighted by molar-refractivity contribution is -0.0390. The molecule has 2 rings (SSSR count). The molecule has 0 unspecified atom stereocenters. The van der Waals surface area contributed by atoms with E-state index in [1.165, 1.54) is 11.1 Å². The highest BCUT2D eigenvalue weighted by molar-refractivity contribution is 5.22. The van der Waals surface area contributed by atoms with Crippen LogP contribution in [0, 0.1) is 0 Å². The van der Waals surface area contributed by atoms with Crippen LogP contribution in [0.2, 0.25) is 0 Å². The fourth-order valence-corrected chi connectivity index (χ4v) is 2.16. The lowest BCUT2D eigenvalue weighted by Crippen LogP contribution is -2.23. The number of rotatable bonds is 6. The standard InChI is InChI=1S/C15H23NO2/c1-2-16-11-13-4-3-5-14(10-13)12-18-15-6-8-17-9-7-15/h3-5,10,15-16H,2,6-9,11-12H2,1H3. The summed E-state index contributed by atoms with van der Waals surface area (Å²) in [5.74, 6) is 0. The first-order chi connectivity index (χ1) is 8.88. The van der Waals surface area contributed by atoms with Crippen molar-refractivity contribution in [1.29, 1.82) is 0 Å². The van der Waals surface area contributed by atoms with Gasteiger partial charge in [-0.1, -0.05) is 31.2 Å². The average Bonchev–Trinajstić information content (AvgIpc) is 2.44. The molecular formula is C15H23NO2. The van der Waals surface area contributed by atoms with E-state index in [1.807, 2.05) is 0 Å². The van der Waals surface area contributed by atoms with Crippen LogP contribution >= 0.6 is 0 Å². The van der Waals surface area contributed by atoms with Gasteiger partial charge in [-0.3, -0.25) is 0 Å². The maximum Gasteiger partial charge on any atom is 0.0720 e. The normalized spacial score (nSPS) is 16.9. The third-order valence-corrected chi connectivity index (χ3v) is 3.22. The topological polar surface area (TPSA) is 30.5 Å². The largest absolute Gasteiger partial charge is 0.381 e. The Labute approximate surface area is 109 Å². The molecule has 1 aliphatic rings. The molecule has 18 heavy (non-hydrogen) atoms. The zero-order chi connectivity index (χ0) is 12.6. The van der Waals surface area contributed by atoms with Gasteiger partial charge in [0.1, 0.15) is 0 Å². The van der Waals surface area contributed by atoms with Crippen molar-refractivity contribution >= 4 is 0 Å². The third kappa shape index (κ3) is 4.41. The summed E-state index contributed by atoms with van der Waals surface area (Å²) in [5.41, 5.74) is 2.59. The lowest BCUT2D eigenvalue weighted by Gasteiger charge is -2.22. The number of ether oxygens (including phenoxy) is 2. The summed E-state index contributed by atoms with van der Waals surface area (Å²) < 4.78 is 11.3. The van der Waals surface area contributed by atoms with Crippen LogP contribution in [-0.2, 0) is 22.6 Å². The highest BCUT2D eigenvalue weighted by Crippen LogP contribution is 2.14. The molecule has 1 aromatic carbocycles. The fourth-order valence-electron chi connectivity index (χ4n) is 2.16. The molecule has 3 heteroatoms. The molecule has 0 bridgehead atoms. The number of hydrogen-bond donors (Lipinski definition) is 1. The molecule has 0 aromatic heterocycles. The zero-order valence-electron chi connectivity index (χ0n) is 11.2. The van der Waals surface area contributed by atoms with Crippen molar-refractivity contribution in [1.82, 2.24) is 5.32 Å². The Morgan fingerprint density at radius 2 is 2.06 bits per heavy atom. The van der Waals surface area contributed by atoms with Crippen LogP contribution in [0.25, 0.3) is 0 Å². The molecule has 1 saturated heterocycles. The first-order valence-electron chi connectivity index (χ1n) is 6.86. The summed E-state index contributed by atoms with van der Waals surface area (Å²) in [6.45, 7) is 6.45. The van der Waals surface area contributed by atoms with E-state index < -0.39 is 0 Å². The molecule has 1 fully saturated rings.